The van der Waals surface area contributed by atoms with Crippen molar-refractivity contribution >= 4 is 0 Å². The summed E-state index contributed by atoms with van der Waals surface area (Å²) in [5.74, 6) is 1.24. The quantitative estimate of drug-likeness (QED) is 0.694. The summed E-state index contributed by atoms with van der Waals surface area (Å²) in [5.41, 5.74) is 0. The van der Waals surface area contributed by atoms with Crippen LogP contribution in [0.2, 0.25) is 0 Å². The van der Waals surface area contributed by atoms with Gasteiger partial charge in [0.25, 0.3) is 0 Å². The van der Waals surface area contributed by atoms with E-state index < -0.39 is 0 Å². The van der Waals surface area contributed by atoms with E-state index in [-0.39, 0.29) is 0 Å². The fourth-order valence-corrected chi connectivity index (χ4v) is 2.81. The summed E-state index contributed by atoms with van der Waals surface area (Å²) in [4.78, 5) is 4.53. The van der Waals surface area contributed by atoms with Gasteiger partial charge in [-0.2, -0.15) is 0 Å². The molecule has 0 aromatic carbocycles. The van der Waals surface area contributed by atoms with Gasteiger partial charge in [0, 0.05) is 30.9 Å². The Kier molecular flexibility index (Phi) is 7.80. The van der Waals surface area contributed by atoms with Crippen molar-refractivity contribution in [3.8, 4) is 0 Å². The lowest BCUT2D eigenvalue weighted by Gasteiger charge is -2.29. The molecule has 0 saturated carbocycles. The monoisotopic (exact) mass is 265 g/mol. The Morgan fingerprint density at radius 1 is 1.16 bits per heavy atom. The first-order valence-electron chi connectivity index (χ1n) is 8.03. The first-order valence-corrected chi connectivity index (χ1v) is 8.03. The molecule has 1 N–H and O–H groups in total. The molecule has 0 fully saturated rings. The summed E-state index contributed by atoms with van der Waals surface area (Å²) < 4.78 is 2.41. The predicted molar refractivity (Wildman–Crippen MR) is 82.5 cm³/mol. The second kappa shape index (κ2) is 9.13. The lowest BCUT2D eigenvalue weighted by Crippen LogP contribution is -2.38. The van der Waals surface area contributed by atoms with Crippen LogP contribution in [0.1, 0.15) is 71.7 Å². The van der Waals surface area contributed by atoms with E-state index in [1.54, 1.807) is 0 Å². The third kappa shape index (κ3) is 4.64. The first-order chi connectivity index (χ1) is 9.28. The van der Waals surface area contributed by atoms with E-state index in [1.165, 1.54) is 25.1 Å². The predicted octanol–water partition coefficient (Wildman–Crippen LogP) is 3.96. The molecule has 3 nitrogen and oxygen atoms in total. The van der Waals surface area contributed by atoms with Gasteiger partial charge in [-0.25, -0.2) is 4.98 Å². The molecule has 0 aliphatic rings. The number of imidazole rings is 1. The van der Waals surface area contributed by atoms with Gasteiger partial charge in [-0.1, -0.05) is 34.1 Å². The van der Waals surface area contributed by atoms with Gasteiger partial charge in [0.1, 0.15) is 5.82 Å². The Balaban J connectivity index is 2.84. The van der Waals surface area contributed by atoms with Crippen LogP contribution in [0.3, 0.4) is 0 Å². The summed E-state index contributed by atoms with van der Waals surface area (Å²) in [6.07, 6.45) is 11.2. The normalized spacial score (nSPS) is 14.5. The molecule has 3 heteroatoms. The molecule has 1 aromatic heterocycles. The molecule has 2 atom stereocenters. The van der Waals surface area contributed by atoms with Crippen LogP contribution in [-0.2, 0) is 6.42 Å². The smallest absolute Gasteiger partial charge is 0.108 e. The van der Waals surface area contributed by atoms with Crippen LogP contribution in [-0.4, -0.2) is 22.1 Å². The zero-order valence-electron chi connectivity index (χ0n) is 13.2. The fraction of sp³-hybridized carbons (Fsp3) is 0.812. The van der Waals surface area contributed by atoms with Gasteiger partial charge in [-0.3, -0.25) is 0 Å². The Bertz CT molecular complexity index is 332. The number of aryl methyl sites for hydroxylation is 1. The molecule has 1 rings (SSSR count). The summed E-state index contributed by atoms with van der Waals surface area (Å²) >= 11 is 0. The maximum atomic E-state index is 4.53. The number of aromatic nitrogens is 2. The molecule has 0 radical (unpaired) electrons. The SMILES string of the molecule is CCCNC(CCC)C(CC)n1ccnc1CCC. The Morgan fingerprint density at radius 2 is 1.95 bits per heavy atom. The van der Waals surface area contributed by atoms with Crippen molar-refractivity contribution in [2.45, 2.75) is 78.3 Å². The van der Waals surface area contributed by atoms with Crippen LogP contribution in [0.25, 0.3) is 0 Å². The molecule has 0 spiro atoms. The van der Waals surface area contributed by atoms with Gasteiger partial charge in [0.2, 0.25) is 0 Å². The molecule has 1 heterocycles. The highest BCUT2D eigenvalue weighted by Gasteiger charge is 2.21. The summed E-state index contributed by atoms with van der Waals surface area (Å²) in [5, 5.41) is 3.73. The Labute approximate surface area is 118 Å². The zero-order valence-corrected chi connectivity index (χ0v) is 13.2. The van der Waals surface area contributed by atoms with Gasteiger partial charge in [0.05, 0.1) is 0 Å². The van der Waals surface area contributed by atoms with Gasteiger partial charge >= 0.3 is 0 Å². The molecule has 0 aliphatic carbocycles. The average Bonchev–Trinajstić information content (AvgIpc) is 2.85. The van der Waals surface area contributed by atoms with Crippen LogP contribution in [0, 0.1) is 0 Å². The van der Waals surface area contributed by atoms with Crippen LogP contribution < -0.4 is 5.32 Å². The molecule has 1 aromatic rings. The van der Waals surface area contributed by atoms with Crippen molar-refractivity contribution in [3.63, 3.8) is 0 Å². The number of rotatable bonds is 10. The minimum Gasteiger partial charge on any atom is -0.330 e. The van der Waals surface area contributed by atoms with Crippen molar-refractivity contribution in [2.24, 2.45) is 0 Å². The number of nitrogens with one attached hydrogen (secondary N) is 1. The standard InChI is InChI=1S/C16H31N3/c1-5-9-14(17-11-7-3)15(8-4)19-13-12-18-16(19)10-6-2/h12-15,17H,5-11H2,1-4H3. The fourth-order valence-electron chi connectivity index (χ4n) is 2.81. The molecule has 110 valence electrons. The number of nitrogens with zero attached hydrogens (tertiary/aromatic N) is 2. The maximum absolute atomic E-state index is 4.53. The lowest BCUT2D eigenvalue weighted by molar-refractivity contribution is 0.314. The third-order valence-electron chi connectivity index (χ3n) is 3.72. The minimum absolute atomic E-state index is 0.538. The first kappa shape index (κ1) is 16.2. The topological polar surface area (TPSA) is 29.9 Å². The van der Waals surface area contributed by atoms with E-state index in [2.05, 4.69) is 48.8 Å². The van der Waals surface area contributed by atoms with E-state index in [4.69, 9.17) is 0 Å². The second-order valence-electron chi connectivity index (χ2n) is 5.33. The second-order valence-corrected chi connectivity index (χ2v) is 5.33. The van der Waals surface area contributed by atoms with Crippen molar-refractivity contribution in [2.75, 3.05) is 6.54 Å². The maximum Gasteiger partial charge on any atom is 0.108 e. The number of hydrogen-bond donors (Lipinski definition) is 1. The van der Waals surface area contributed by atoms with E-state index in [9.17, 15) is 0 Å². The Hall–Kier alpha value is -0.830. The van der Waals surface area contributed by atoms with Gasteiger partial charge in [0.15, 0.2) is 0 Å². The zero-order chi connectivity index (χ0) is 14.1. The highest BCUT2D eigenvalue weighted by Crippen LogP contribution is 2.22. The summed E-state index contributed by atoms with van der Waals surface area (Å²) in [7, 11) is 0. The van der Waals surface area contributed by atoms with Crippen molar-refractivity contribution in [1.29, 1.82) is 0 Å². The van der Waals surface area contributed by atoms with Gasteiger partial charge in [-0.15, -0.1) is 0 Å². The van der Waals surface area contributed by atoms with Crippen LogP contribution in [0.5, 0.6) is 0 Å². The molecule has 0 bridgehead atoms. The molecule has 0 amide bonds. The third-order valence-corrected chi connectivity index (χ3v) is 3.72. The molecule has 19 heavy (non-hydrogen) atoms. The van der Waals surface area contributed by atoms with Crippen LogP contribution in [0.15, 0.2) is 12.4 Å². The molecular weight excluding hydrogens is 234 g/mol. The largest absolute Gasteiger partial charge is 0.330 e. The number of hydrogen-bond acceptors (Lipinski definition) is 2. The van der Waals surface area contributed by atoms with Gasteiger partial charge < -0.3 is 9.88 Å². The van der Waals surface area contributed by atoms with Crippen LogP contribution in [0.4, 0.5) is 0 Å². The summed E-state index contributed by atoms with van der Waals surface area (Å²) in [6.45, 7) is 10.1. The van der Waals surface area contributed by atoms with Crippen molar-refractivity contribution < 1.29 is 0 Å². The van der Waals surface area contributed by atoms with E-state index >= 15 is 0 Å². The van der Waals surface area contributed by atoms with E-state index in [0.29, 0.717) is 12.1 Å². The van der Waals surface area contributed by atoms with Crippen molar-refractivity contribution in [1.82, 2.24) is 14.9 Å². The van der Waals surface area contributed by atoms with E-state index in [0.717, 1.165) is 25.8 Å². The van der Waals surface area contributed by atoms with E-state index in [1.807, 2.05) is 6.20 Å². The molecular formula is C16H31N3. The highest BCUT2D eigenvalue weighted by atomic mass is 15.1. The van der Waals surface area contributed by atoms with Crippen molar-refractivity contribution in [3.05, 3.63) is 18.2 Å². The van der Waals surface area contributed by atoms with Crippen LogP contribution >= 0.6 is 0 Å². The minimum atomic E-state index is 0.538. The average molecular weight is 265 g/mol. The molecule has 0 saturated heterocycles. The lowest BCUT2D eigenvalue weighted by atomic mass is 10.00. The highest BCUT2D eigenvalue weighted by molar-refractivity contribution is 4.98. The summed E-state index contributed by atoms with van der Waals surface area (Å²) in [6, 6.07) is 1.11. The van der Waals surface area contributed by atoms with Gasteiger partial charge in [-0.05, 0) is 32.2 Å². The molecule has 2 unspecified atom stereocenters. The molecule has 0 aliphatic heterocycles. The Morgan fingerprint density at radius 3 is 2.53 bits per heavy atom.